The SMILES string of the molecule is O=C(CN1CCNC1=O)NC1CON1S(=O)(=O)[O-].[Na+]. The van der Waals surface area contributed by atoms with Gasteiger partial charge in [0.05, 0.1) is 0 Å². The fraction of sp³-hybridized carbons (Fsp3) is 0.714. The first kappa shape index (κ1) is 16.6. The topological polar surface area (TPSA) is 131 Å². The van der Waals surface area contributed by atoms with Crippen LogP contribution in [0.15, 0.2) is 0 Å². The van der Waals surface area contributed by atoms with E-state index in [9.17, 15) is 22.6 Å². The van der Waals surface area contributed by atoms with Gasteiger partial charge in [-0.25, -0.2) is 13.2 Å². The first-order valence-electron chi connectivity index (χ1n) is 5.08. The van der Waals surface area contributed by atoms with Gasteiger partial charge in [-0.15, -0.1) is 0 Å². The summed E-state index contributed by atoms with van der Waals surface area (Å²) in [6, 6.07) is -0.358. The van der Waals surface area contributed by atoms with E-state index in [2.05, 4.69) is 15.5 Å². The van der Waals surface area contributed by atoms with Crippen LogP contribution < -0.4 is 40.2 Å². The fourth-order valence-corrected chi connectivity index (χ4v) is 2.21. The first-order chi connectivity index (χ1) is 8.38. The third kappa shape index (κ3) is 4.02. The maximum absolute atomic E-state index is 11.5. The van der Waals surface area contributed by atoms with Crippen molar-refractivity contribution in [2.24, 2.45) is 0 Å². The molecule has 2 fully saturated rings. The molecule has 2 N–H and O–H groups in total. The predicted molar refractivity (Wildman–Crippen MR) is 54.4 cm³/mol. The van der Waals surface area contributed by atoms with Crippen molar-refractivity contribution in [3.05, 3.63) is 0 Å². The third-order valence-corrected chi connectivity index (χ3v) is 3.24. The summed E-state index contributed by atoms with van der Waals surface area (Å²) >= 11 is 0. The van der Waals surface area contributed by atoms with Gasteiger partial charge >= 0.3 is 35.6 Å². The van der Waals surface area contributed by atoms with Crippen molar-refractivity contribution in [2.75, 3.05) is 26.2 Å². The van der Waals surface area contributed by atoms with E-state index >= 15 is 0 Å². The van der Waals surface area contributed by atoms with E-state index in [4.69, 9.17) is 0 Å². The Morgan fingerprint density at radius 1 is 1.58 bits per heavy atom. The second kappa shape index (κ2) is 6.35. The normalized spacial score (nSPS) is 23.3. The summed E-state index contributed by atoms with van der Waals surface area (Å²) in [4.78, 5) is 28.4. The number of hydrogen-bond donors (Lipinski definition) is 2. The number of hydrogen-bond acceptors (Lipinski definition) is 6. The van der Waals surface area contributed by atoms with Crippen molar-refractivity contribution in [2.45, 2.75) is 6.17 Å². The molecule has 2 rings (SSSR count). The zero-order valence-electron chi connectivity index (χ0n) is 10.2. The minimum Gasteiger partial charge on any atom is -0.734 e. The number of hydroxylamine groups is 1. The molecule has 2 heterocycles. The molecule has 2 saturated heterocycles. The summed E-state index contributed by atoms with van der Waals surface area (Å²) in [7, 11) is -4.75. The van der Waals surface area contributed by atoms with Crippen LogP contribution in [0, 0.1) is 0 Å². The molecule has 2 aliphatic heterocycles. The zero-order valence-corrected chi connectivity index (χ0v) is 13.0. The van der Waals surface area contributed by atoms with E-state index in [1.165, 1.54) is 4.90 Å². The molecule has 2 aliphatic rings. The average molecular weight is 302 g/mol. The number of urea groups is 1. The molecule has 0 aromatic carbocycles. The van der Waals surface area contributed by atoms with Crippen LogP contribution in [0.5, 0.6) is 0 Å². The first-order valence-corrected chi connectivity index (χ1v) is 6.45. The van der Waals surface area contributed by atoms with Crippen molar-refractivity contribution >= 4 is 22.2 Å². The molecule has 1 unspecified atom stereocenters. The van der Waals surface area contributed by atoms with E-state index in [0.29, 0.717) is 13.1 Å². The van der Waals surface area contributed by atoms with Gasteiger partial charge in [-0.1, -0.05) is 4.47 Å². The molecule has 0 spiro atoms. The Balaban J connectivity index is 0.00000180. The summed E-state index contributed by atoms with van der Waals surface area (Å²) in [5, 5.41) is 4.80. The minimum atomic E-state index is -4.75. The fourth-order valence-electron chi connectivity index (χ4n) is 1.59. The van der Waals surface area contributed by atoms with Crippen LogP contribution >= 0.6 is 0 Å². The number of carbonyl (C=O) groups excluding carboxylic acids is 2. The van der Waals surface area contributed by atoms with Crippen molar-refractivity contribution < 1.29 is 57.0 Å². The quantitative estimate of drug-likeness (QED) is 0.393. The molecule has 0 saturated carbocycles. The Kier molecular flexibility index (Phi) is 5.55. The van der Waals surface area contributed by atoms with Gasteiger partial charge in [0.1, 0.15) is 19.3 Å². The van der Waals surface area contributed by atoms with Gasteiger partial charge < -0.3 is 20.1 Å². The van der Waals surface area contributed by atoms with Gasteiger partial charge in [-0.2, -0.15) is 0 Å². The molecule has 0 aliphatic carbocycles. The molecule has 0 bridgehead atoms. The van der Waals surface area contributed by atoms with E-state index in [-0.39, 0.29) is 53.2 Å². The van der Waals surface area contributed by atoms with Crippen LogP contribution in [0.25, 0.3) is 0 Å². The van der Waals surface area contributed by atoms with Crippen molar-refractivity contribution in [3.8, 4) is 0 Å². The molecular weight excluding hydrogens is 291 g/mol. The average Bonchev–Trinajstić information content (AvgIpc) is 2.57. The number of nitrogens with one attached hydrogen (secondary N) is 2. The van der Waals surface area contributed by atoms with Crippen LogP contribution in [0.1, 0.15) is 0 Å². The predicted octanol–water partition coefficient (Wildman–Crippen LogP) is -5.83. The Morgan fingerprint density at radius 3 is 2.68 bits per heavy atom. The molecule has 0 aromatic rings. The van der Waals surface area contributed by atoms with E-state index < -0.39 is 22.4 Å². The van der Waals surface area contributed by atoms with Crippen LogP contribution in [-0.4, -0.2) is 66.7 Å². The Labute approximate surface area is 131 Å². The van der Waals surface area contributed by atoms with Crippen molar-refractivity contribution in [3.63, 3.8) is 0 Å². The number of rotatable bonds is 4. The van der Waals surface area contributed by atoms with Gasteiger partial charge in [0.15, 0.2) is 10.3 Å². The Morgan fingerprint density at radius 2 is 2.26 bits per heavy atom. The summed E-state index contributed by atoms with van der Waals surface area (Å²) in [5.74, 6) is -0.561. The van der Waals surface area contributed by atoms with E-state index in [0.717, 1.165) is 0 Å². The van der Waals surface area contributed by atoms with E-state index in [1.54, 1.807) is 0 Å². The summed E-state index contributed by atoms with van der Waals surface area (Å²) in [6.07, 6.45) is -1.01. The molecular formula is C7H11N4NaO6S. The molecule has 1 atom stereocenters. The maximum atomic E-state index is 11.5. The number of nitrogens with zero attached hydrogens (tertiary/aromatic N) is 2. The van der Waals surface area contributed by atoms with Crippen LogP contribution in [-0.2, 0) is 19.9 Å². The third-order valence-electron chi connectivity index (χ3n) is 2.44. The van der Waals surface area contributed by atoms with Gasteiger partial charge in [-0.3, -0.25) is 9.63 Å². The molecule has 12 heteroatoms. The molecule has 19 heavy (non-hydrogen) atoms. The monoisotopic (exact) mass is 302 g/mol. The van der Waals surface area contributed by atoms with Crippen LogP contribution in [0.3, 0.4) is 0 Å². The molecule has 0 aromatic heterocycles. The number of amides is 3. The molecule has 102 valence electrons. The minimum absolute atomic E-state index is 0. The number of carbonyl (C=O) groups is 2. The van der Waals surface area contributed by atoms with E-state index in [1.807, 2.05) is 0 Å². The molecule has 3 amide bonds. The van der Waals surface area contributed by atoms with Gasteiger partial charge in [0.25, 0.3) is 0 Å². The molecule has 0 radical (unpaired) electrons. The van der Waals surface area contributed by atoms with Gasteiger partial charge in [0, 0.05) is 13.1 Å². The van der Waals surface area contributed by atoms with Crippen LogP contribution in [0.4, 0.5) is 4.79 Å². The summed E-state index contributed by atoms with van der Waals surface area (Å²) in [6.45, 7) is 0.561. The Bertz CT molecular complexity index is 470. The smallest absolute Gasteiger partial charge is 0.734 e. The van der Waals surface area contributed by atoms with Crippen LogP contribution in [0.2, 0.25) is 0 Å². The summed E-state index contributed by atoms with van der Waals surface area (Å²) < 4.78 is 32.0. The van der Waals surface area contributed by atoms with Gasteiger partial charge in [0.2, 0.25) is 5.91 Å². The standard InChI is InChI=1S/C7H12N4O6S.Na/c12-6(3-10-2-1-8-7(10)13)9-5-4-17-11(5)18(14,15)16;/h5H,1-4H2,(H,8,13)(H,9,12)(H,14,15,16);/q;+1/p-1. The van der Waals surface area contributed by atoms with Crippen molar-refractivity contribution in [1.29, 1.82) is 0 Å². The van der Waals surface area contributed by atoms with Gasteiger partial charge in [-0.05, 0) is 0 Å². The maximum Gasteiger partial charge on any atom is 1.00 e. The second-order valence-corrected chi connectivity index (χ2v) is 4.96. The van der Waals surface area contributed by atoms with Crippen molar-refractivity contribution in [1.82, 2.24) is 20.0 Å². The summed E-state index contributed by atoms with van der Waals surface area (Å²) in [5.41, 5.74) is 0. The zero-order chi connectivity index (χ0) is 13.3. The Hall–Kier alpha value is -0.430. The largest absolute Gasteiger partial charge is 1.00 e. The molecule has 10 nitrogen and oxygen atoms in total. The second-order valence-electron chi connectivity index (χ2n) is 3.75.